The third-order valence-electron chi connectivity index (χ3n) is 3.89. The van der Waals surface area contributed by atoms with Crippen molar-refractivity contribution in [2.75, 3.05) is 5.32 Å². The van der Waals surface area contributed by atoms with Gasteiger partial charge in [0.15, 0.2) is 0 Å². The molecule has 2 unspecified atom stereocenters. The lowest BCUT2D eigenvalue weighted by Gasteiger charge is -2.29. The van der Waals surface area contributed by atoms with E-state index in [1.165, 1.54) is 0 Å². The first-order valence-electron chi connectivity index (χ1n) is 6.91. The van der Waals surface area contributed by atoms with E-state index >= 15 is 0 Å². The number of nitrogens with one attached hydrogen (secondary N) is 1. The highest BCUT2D eigenvalue weighted by Gasteiger charge is 2.43. The molecule has 6 heteroatoms. The molecule has 2 nitrogen and oxygen atoms in total. The van der Waals surface area contributed by atoms with E-state index in [2.05, 4.69) is 21.2 Å². The summed E-state index contributed by atoms with van der Waals surface area (Å²) >= 11 is 3.33. The molecule has 1 aliphatic rings. The minimum absolute atomic E-state index is 0.112. The maximum atomic E-state index is 12.8. The Bertz CT molecular complexity index is 530. The van der Waals surface area contributed by atoms with E-state index in [9.17, 15) is 18.0 Å². The third kappa shape index (κ3) is 4.22. The van der Waals surface area contributed by atoms with Gasteiger partial charge in [-0.2, -0.15) is 13.2 Å². The maximum Gasteiger partial charge on any atom is 0.391 e. The zero-order valence-electron chi connectivity index (χ0n) is 11.6. The minimum atomic E-state index is -4.21. The van der Waals surface area contributed by atoms with Gasteiger partial charge in [0.05, 0.1) is 11.6 Å². The molecular formula is C15H17BrF3NO. The Kier molecular flexibility index (Phi) is 4.96. The van der Waals surface area contributed by atoms with Crippen molar-refractivity contribution in [3.05, 3.63) is 28.2 Å². The average Bonchev–Trinajstić information content (AvgIpc) is 2.42. The van der Waals surface area contributed by atoms with Crippen LogP contribution in [0.4, 0.5) is 18.9 Å². The van der Waals surface area contributed by atoms with Crippen LogP contribution in [0.1, 0.15) is 31.2 Å². The number of amides is 1. The predicted molar refractivity (Wildman–Crippen MR) is 79.0 cm³/mol. The first-order chi connectivity index (χ1) is 9.77. The Morgan fingerprint density at radius 2 is 2.05 bits per heavy atom. The van der Waals surface area contributed by atoms with E-state index in [-0.39, 0.29) is 18.7 Å². The molecule has 0 aromatic heterocycles. The summed E-state index contributed by atoms with van der Waals surface area (Å²) in [6.07, 6.45) is -3.23. The smallest absolute Gasteiger partial charge is 0.325 e. The van der Waals surface area contributed by atoms with E-state index < -0.39 is 18.0 Å². The van der Waals surface area contributed by atoms with Crippen LogP contribution in [0.2, 0.25) is 0 Å². The first-order valence-corrected chi connectivity index (χ1v) is 7.70. The van der Waals surface area contributed by atoms with E-state index in [0.29, 0.717) is 18.5 Å². The van der Waals surface area contributed by atoms with Crippen LogP contribution in [0.5, 0.6) is 0 Å². The molecule has 2 rings (SSSR count). The molecule has 0 saturated heterocycles. The summed E-state index contributed by atoms with van der Waals surface area (Å²) in [5, 5.41) is 2.74. The van der Waals surface area contributed by atoms with Crippen molar-refractivity contribution in [2.45, 2.75) is 38.8 Å². The fourth-order valence-corrected chi connectivity index (χ4v) is 3.04. The topological polar surface area (TPSA) is 29.1 Å². The van der Waals surface area contributed by atoms with Gasteiger partial charge in [-0.3, -0.25) is 4.79 Å². The van der Waals surface area contributed by atoms with Crippen LogP contribution >= 0.6 is 15.9 Å². The van der Waals surface area contributed by atoms with Gasteiger partial charge in [-0.1, -0.05) is 12.5 Å². The highest BCUT2D eigenvalue weighted by Crippen LogP contribution is 2.40. The summed E-state index contributed by atoms with van der Waals surface area (Å²) in [4.78, 5) is 12.2. The Balaban J connectivity index is 2.04. The minimum Gasteiger partial charge on any atom is -0.325 e. The number of benzene rings is 1. The number of hydrogen-bond donors (Lipinski definition) is 1. The van der Waals surface area contributed by atoms with E-state index in [1.54, 1.807) is 6.07 Å². The number of anilines is 1. The zero-order valence-corrected chi connectivity index (χ0v) is 13.2. The van der Waals surface area contributed by atoms with Gasteiger partial charge in [0.1, 0.15) is 0 Å². The van der Waals surface area contributed by atoms with Crippen LogP contribution in [-0.2, 0) is 4.79 Å². The fraction of sp³-hybridized carbons (Fsp3) is 0.533. The van der Waals surface area contributed by atoms with Crippen molar-refractivity contribution < 1.29 is 18.0 Å². The number of aryl methyl sites for hydroxylation is 1. The lowest BCUT2D eigenvalue weighted by atomic mass is 9.80. The van der Waals surface area contributed by atoms with Crippen molar-refractivity contribution in [3.63, 3.8) is 0 Å². The normalized spacial score (nSPS) is 22.9. The molecule has 1 aliphatic carbocycles. The molecule has 0 spiro atoms. The lowest BCUT2D eigenvalue weighted by molar-refractivity contribution is -0.185. The van der Waals surface area contributed by atoms with Crippen LogP contribution < -0.4 is 5.32 Å². The monoisotopic (exact) mass is 363 g/mol. The molecule has 1 amide bonds. The molecule has 21 heavy (non-hydrogen) atoms. The molecule has 0 bridgehead atoms. The van der Waals surface area contributed by atoms with Crippen molar-refractivity contribution in [1.82, 2.24) is 0 Å². The number of halogens is 4. The largest absolute Gasteiger partial charge is 0.391 e. The fourth-order valence-electron chi connectivity index (χ4n) is 2.69. The molecule has 0 aliphatic heterocycles. The summed E-state index contributed by atoms with van der Waals surface area (Å²) in [5.74, 6) is -2.25. The van der Waals surface area contributed by atoms with Gasteiger partial charge in [-0.05, 0) is 59.8 Å². The second-order valence-corrected chi connectivity index (χ2v) is 6.43. The average molecular weight is 364 g/mol. The third-order valence-corrected chi connectivity index (χ3v) is 4.58. The van der Waals surface area contributed by atoms with Crippen molar-refractivity contribution in [1.29, 1.82) is 0 Å². The van der Waals surface area contributed by atoms with Crippen LogP contribution in [0.25, 0.3) is 0 Å². The van der Waals surface area contributed by atoms with Gasteiger partial charge < -0.3 is 5.32 Å². The number of carbonyl (C=O) groups is 1. The van der Waals surface area contributed by atoms with E-state index in [4.69, 9.17) is 0 Å². The van der Waals surface area contributed by atoms with E-state index in [1.807, 2.05) is 19.1 Å². The molecule has 1 N–H and O–H groups in total. The highest BCUT2D eigenvalue weighted by molar-refractivity contribution is 9.10. The Labute approximate surface area is 130 Å². The Hall–Kier alpha value is -1.04. The molecule has 2 atom stereocenters. The van der Waals surface area contributed by atoms with E-state index in [0.717, 1.165) is 10.0 Å². The molecule has 0 radical (unpaired) electrons. The number of rotatable bonds is 2. The van der Waals surface area contributed by atoms with Gasteiger partial charge in [0.2, 0.25) is 5.91 Å². The predicted octanol–water partition coefficient (Wildman–Crippen LogP) is 5.06. The van der Waals surface area contributed by atoms with Crippen molar-refractivity contribution >= 4 is 27.5 Å². The Morgan fingerprint density at radius 3 is 2.71 bits per heavy atom. The van der Waals surface area contributed by atoms with Crippen molar-refractivity contribution in [3.8, 4) is 0 Å². The van der Waals surface area contributed by atoms with Gasteiger partial charge in [-0.15, -0.1) is 0 Å². The number of hydrogen-bond acceptors (Lipinski definition) is 1. The molecule has 1 fully saturated rings. The summed E-state index contributed by atoms with van der Waals surface area (Å²) in [7, 11) is 0. The van der Waals surface area contributed by atoms with Crippen LogP contribution in [0, 0.1) is 18.8 Å². The molecule has 1 aromatic rings. The highest BCUT2D eigenvalue weighted by atomic mass is 79.9. The lowest BCUT2D eigenvalue weighted by Crippen LogP contribution is -2.34. The number of alkyl halides is 3. The zero-order chi connectivity index (χ0) is 15.6. The maximum absolute atomic E-state index is 12.8. The SMILES string of the molecule is Cc1ccc(Br)c(NC(=O)C2CCCC(C(F)(F)F)C2)c1. The summed E-state index contributed by atoms with van der Waals surface area (Å²) in [6.45, 7) is 1.89. The second-order valence-electron chi connectivity index (χ2n) is 5.57. The summed E-state index contributed by atoms with van der Waals surface area (Å²) < 4.78 is 39.1. The summed E-state index contributed by atoms with van der Waals surface area (Å²) in [5.41, 5.74) is 1.58. The van der Waals surface area contributed by atoms with Gasteiger partial charge in [-0.25, -0.2) is 0 Å². The van der Waals surface area contributed by atoms with Crippen LogP contribution in [-0.4, -0.2) is 12.1 Å². The second kappa shape index (κ2) is 6.38. The van der Waals surface area contributed by atoms with Crippen LogP contribution in [0.3, 0.4) is 0 Å². The van der Waals surface area contributed by atoms with Crippen molar-refractivity contribution in [2.24, 2.45) is 11.8 Å². The molecule has 116 valence electrons. The van der Waals surface area contributed by atoms with Gasteiger partial charge in [0, 0.05) is 10.4 Å². The first kappa shape index (κ1) is 16.3. The van der Waals surface area contributed by atoms with Gasteiger partial charge in [0.25, 0.3) is 0 Å². The Morgan fingerprint density at radius 1 is 1.33 bits per heavy atom. The standard InChI is InChI=1S/C15H17BrF3NO/c1-9-5-6-12(16)13(7-9)20-14(21)10-3-2-4-11(8-10)15(17,18)19/h5-7,10-11H,2-4,8H2,1H3,(H,20,21). The summed E-state index contributed by atoms with van der Waals surface area (Å²) in [6, 6.07) is 5.50. The number of carbonyl (C=O) groups excluding carboxylic acids is 1. The molecule has 1 aromatic carbocycles. The molecular weight excluding hydrogens is 347 g/mol. The molecule has 1 saturated carbocycles. The van der Waals surface area contributed by atoms with Gasteiger partial charge >= 0.3 is 6.18 Å². The quantitative estimate of drug-likeness (QED) is 0.781. The molecule has 0 heterocycles. The van der Waals surface area contributed by atoms with Crippen LogP contribution in [0.15, 0.2) is 22.7 Å².